The average molecular weight is 439 g/mol. The molecular weight excluding hydrogens is 420 g/mol. The van der Waals surface area contributed by atoms with Gasteiger partial charge in [0, 0.05) is 18.1 Å². The van der Waals surface area contributed by atoms with Crippen LogP contribution in [0.1, 0.15) is 11.3 Å². The van der Waals surface area contributed by atoms with Crippen LogP contribution < -0.4 is 5.56 Å². The Bertz CT molecular complexity index is 1670. The van der Waals surface area contributed by atoms with Crippen LogP contribution in [0.15, 0.2) is 89.1 Å². The van der Waals surface area contributed by atoms with E-state index in [4.69, 9.17) is 4.98 Å². The molecule has 0 amide bonds. The molecule has 0 atom stereocenters. The van der Waals surface area contributed by atoms with Gasteiger partial charge in [-0.15, -0.1) is 10.2 Å². The van der Waals surface area contributed by atoms with Gasteiger partial charge in [-0.1, -0.05) is 48.2 Å². The molecule has 4 aromatic heterocycles. The number of aromatic nitrogens is 6. The van der Waals surface area contributed by atoms with E-state index >= 15 is 0 Å². The third-order valence-electron chi connectivity index (χ3n) is 5.49. The largest absolute Gasteiger partial charge is 0.307 e. The van der Waals surface area contributed by atoms with Crippen LogP contribution in [0.4, 0.5) is 0 Å². The number of imidazole rings is 1. The molecule has 0 saturated carbocycles. The Morgan fingerprint density at radius 3 is 2.59 bits per heavy atom. The first-order valence-electron chi connectivity index (χ1n) is 10.2. The van der Waals surface area contributed by atoms with Gasteiger partial charge in [0.1, 0.15) is 5.65 Å². The van der Waals surface area contributed by atoms with Gasteiger partial charge in [0.05, 0.1) is 22.3 Å². The lowest BCUT2D eigenvalue weighted by Gasteiger charge is -2.11. The fourth-order valence-corrected chi connectivity index (χ4v) is 4.82. The van der Waals surface area contributed by atoms with E-state index < -0.39 is 0 Å². The van der Waals surface area contributed by atoms with Crippen LogP contribution in [0.25, 0.3) is 28.0 Å². The Morgan fingerprint density at radius 2 is 1.75 bits per heavy atom. The van der Waals surface area contributed by atoms with Crippen molar-refractivity contribution in [2.24, 2.45) is 0 Å². The minimum absolute atomic E-state index is 0.112. The molecule has 4 heterocycles. The lowest BCUT2D eigenvalue weighted by molar-refractivity contribution is 0.930. The normalized spacial score (nSPS) is 11.7. The second-order valence-electron chi connectivity index (χ2n) is 7.55. The van der Waals surface area contributed by atoms with Gasteiger partial charge < -0.3 is 4.40 Å². The van der Waals surface area contributed by atoms with Crippen LogP contribution in [-0.2, 0) is 5.75 Å². The second kappa shape index (κ2) is 7.35. The van der Waals surface area contributed by atoms with Crippen molar-refractivity contribution in [1.82, 2.24) is 28.5 Å². The van der Waals surface area contributed by atoms with E-state index in [1.54, 1.807) is 16.3 Å². The summed E-state index contributed by atoms with van der Waals surface area (Å²) in [5.41, 5.74) is 4.49. The zero-order valence-electron chi connectivity index (χ0n) is 17.2. The molecule has 0 bridgehead atoms. The molecule has 0 spiro atoms. The number of fused-ring (bicyclic) bond motifs is 4. The number of nitrogens with zero attached hydrogens (tertiary/aromatic N) is 6. The van der Waals surface area contributed by atoms with Gasteiger partial charge in [-0.25, -0.2) is 9.55 Å². The van der Waals surface area contributed by atoms with E-state index in [-0.39, 0.29) is 5.56 Å². The Balaban J connectivity index is 1.50. The maximum Gasteiger partial charge on any atom is 0.267 e. The summed E-state index contributed by atoms with van der Waals surface area (Å²) in [7, 11) is 0. The van der Waals surface area contributed by atoms with Crippen LogP contribution >= 0.6 is 11.8 Å². The number of pyridine rings is 1. The summed E-state index contributed by atoms with van der Waals surface area (Å²) in [5.74, 6) is 1.13. The van der Waals surface area contributed by atoms with Crippen LogP contribution in [0, 0.1) is 6.92 Å². The van der Waals surface area contributed by atoms with E-state index in [0.29, 0.717) is 16.9 Å². The second-order valence-corrected chi connectivity index (χ2v) is 8.50. The Morgan fingerprint density at radius 1 is 0.938 bits per heavy atom. The first kappa shape index (κ1) is 18.8. The van der Waals surface area contributed by atoms with E-state index in [9.17, 15) is 4.79 Å². The Kier molecular flexibility index (Phi) is 4.32. The number of benzene rings is 2. The van der Waals surface area contributed by atoms with E-state index in [1.807, 2.05) is 81.9 Å². The maximum absolute atomic E-state index is 13.3. The summed E-state index contributed by atoms with van der Waals surface area (Å²) in [5, 5.41) is 10.2. The lowest BCUT2D eigenvalue weighted by atomic mass is 10.2. The quantitative estimate of drug-likeness (QED) is 0.384. The molecule has 0 aliphatic carbocycles. The number of thioether (sulfide) groups is 1. The summed E-state index contributed by atoms with van der Waals surface area (Å²) < 4.78 is 5.61. The molecule has 32 heavy (non-hydrogen) atoms. The van der Waals surface area contributed by atoms with Crippen molar-refractivity contribution in [3.8, 4) is 5.69 Å². The number of hydrogen-bond acceptors (Lipinski definition) is 5. The summed E-state index contributed by atoms with van der Waals surface area (Å²) in [6, 6.07) is 21.2. The van der Waals surface area contributed by atoms with Crippen molar-refractivity contribution in [2.45, 2.75) is 17.8 Å². The van der Waals surface area contributed by atoms with Crippen LogP contribution in [0.3, 0.4) is 0 Å². The van der Waals surface area contributed by atoms with Gasteiger partial charge in [-0.05, 0) is 42.8 Å². The SMILES string of the molecule is Cc1cccn2cc(CSc3nnc4n(-c5ccccc5)c(=O)c5ccccc5n34)nc12. The lowest BCUT2D eigenvalue weighted by Crippen LogP contribution is -2.21. The summed E-state index contributed by atoms with van der Waals surface area (Å²) in [4.78, 5) is 18.1. The number of aryl methyl sites for hydroxylation is 1. The van der Waals surface area contributed by atoms with Crippen molar-refractivity contribution in [1.29, 1.82) is 0 Å². The van der Waals surface area contributed by atoms with Gasteiger partial charge in [-0.2, -0.15) is 0 Å². The van der Waals surface area contributed by atoms with Crippen LogP contribution in [0.5, 0.6) is 0 Å². The van der Waals surface area contributed by atoms with E-state index in [0.717, 1.165) is 33.3 Å². The molecule has 0 radical (unpaired) electrons. The molecule has 156 valence electrons. The first-order chi connectivity index (χ1) is 15.7. The topological polar surface area (TPSA) is 69.5 Å². The highest BCUT2D eigenvalue weighted by atomic mass is 32.2. The standard InChI is InChI=1S/C24H18N6OS/c1-16-8-7-13-28-14-17(25-21(16)28)15-32-24-27-26-23-29(18-9-3-2-4-10-18)22(31)19-11-5-6-12-20(19)30(23)24/h2-14H,15H2,1H3. The zero-order chi connectivity index (χ0) is 21.7. The van der Waals surface area contributed by atoms with Crippen molar-refractivity contribution < 1.29 is 0 Å². The minimum atomic E-state index is -0.112. The van der Waals surface area contributed by atoms with Gasteiger partial charge in [-0.3, -0.25) is 9.20 Å². The molecule has 0 aliphatic heterocycles. The molecule has 0 fully saturated rings. The van der Waals surface area contributed by atoms with Crippen molar-refractivity contribution >= 4 is 34.1 Å². The fourth-order valence-electron chi connectivity index (χ4n) is 3.99. The minimum Gasteiger partial charge on any atom is -0.307 e. The van der Waals surface area contributed by atoms with Gasteiger partial charge >= 0.3 is 0 Å². The third kappa shape index (κ3) is 2.91. The average Bonchev–Trinajstić information content (AvgIpc) is 3.44. The van der Waals surface area contributed by atoms with Crippen LogP contribution in [0.2, 0.25) is 0 Å². The van der Waals surface area contributed by atoms with E-state index in [2.05, 4.69) is 23.2 Å². The monoisotopic (exact) mass is 438 g/mol. The molecule has 6 aromatic rings. The summed E-state index contributed by atoms with van der Waals surface area (Å²) in [6.07, 6.45) is 4.04. The molecule has 8 heteroatoms. The van der Waals surface area contributed by atoms with Gasteiger partial charge in [0.2, 0.25) is 5.78 Å². The van der Waals surface area contributed by atoms with E-state index in [1.165, 1.54) is 0 Å². The van der Waals surface area contributed by atoms with Gasteiger partial charge in [0.25, 0.3) is 5.56 Å². The molecule has 6 rings (SSSR count). The Labute approximate surface area is 187 Å². The molecule has 7 nitrogen and oxygen atoms in total. The highest BCUT2D eigenvalue weighted by Gasteiger charge is 2.18. The van der Waals surface area contributed by atoms with Crippen molar-refractivity contribution in [3.05, 3.63) is 101 Å². The molecule has 0 N–H and O–H groups in total. The molecular formula is C24H18N6OS. The number of hydrogen-bond donors (Lipinski definition) is 0. The molecule has 0 aliphatic rings. The van der Waals surface area contributed by atoms with Crippen molar-refractivity contribution in [2.75, 3.05) is 0 Å². The Hall–Kier alpha value is -3.91. The van der Waals surface area contributed by atoms with Crippen LogP contribution in [-0.4, -0.2) is 28.5 Å². The molecule has 2 aromatic carbocycles. The van der Waals surface area contributed by atoms with Crippen molar-refractivity contribution in [3.63, 3.8) is 0 Å². The van der Waals surface area contributed by atoms with Gasteiger partial charge in [0.15, 0.2) is 5.16 Å². The summed E-state index contributed by atoms with van der Waals surface area (Å²) >= 11 is 1.55. The highest BCUT2D eigenvalue weighted by Crippen LogP contribution is 2.26. The maximum atomic E-state index is 13.3. The molecule has 0 saturated heterocycles. The number of para-hydroxylation sites is 2. The third-order valence-corrected chi connectivity index (χ3v) is 6.45. The predicted molar refractivity (Wildman–Crippen MR) is 126 cm³/mol. The summed E-state index contributed by atoms with van der Waals surface area (Å²) in [6.45, 7) is 2.06. The highest BCUT2D eigenvalue weighted by molar-refractivity contribution is 7.98. The zero-order valence-corrected chi connectivity index (χ0v) is 18.0. The fraction of sp³-hybridized carbons (Fsp3) is 0.0833. The molecule has 0 unspecified atom stereocenters. The number of rotatable bonds is 4. The predicted octanol–water partition coefficient (Wildman–Crippen LogP) is 4.28. The first-order valence-corrected chi connectivity index (χ1v) is 11.2. The smallest absolute Gasteiger partial charge is 0.267 e.